The third-order valence-corrected chi connectivity index (χ3v) is 1.56. The zero-order valence-corrected chi connectivity index (χ0v) is 7.70. The van der Waals surface area contributed by atoms with Gasteiger partial charge in [0.2, 0.25) is 0 Å². The third-order valence-electron chi connectivity index (χ3n) is 1.56. The summed E-state index contributed by atoms with van der Waals surface area (Å²) in [5, 5.41) is 10.7. The van der Waals surface area contributed by atoms with Crippen molar-refractivity contribution < 1.29 is 0 Å². The molecule has 3 N–H and O–H groups in total. The van der Waals surface area contributed by atoms with Crippen LogP contribution in [0.15, 0.2) is 18.2 Å². The molecule has 0 aliphatic rings. The second-order valence-electron chi connectivity index (χ2n) is 2.68. The number of hydrogen-bond donors (Lipinski definition) is 2. The van der Waals surface area contributed by atoms with E-state index in [0.717, 1.165) is 18.7 Å². The Hall–Kier alpha value is -1.42. The molecule has 13 heavy (non-hydrogen) atoms. The normalized spacial score (nSPS) is 10.8. The van der Waals surface area contributed by atoms with Crippen molar-refractivity contribution in [3.05, 3.63) is 23.9 Å². The fourth-order valence-electron chi connectivity index (χ4n) is 0.874. The van der Waals surface area contributed by atoms with E-state index in [1.165, 1.54) is 0 Å². The number of aromatic nitrogens is 2. The molecule has 4 nitrogen and oxygen atoms in total. The molecule has 0 aliphatic heterocycles. The molecule has 1 rings (SSSR count). The van der Waals surface area contributed by atoms with E-state index in [9.17, 15) is 0 Å². The van der Waals surface area contributed by atoms with Gasteiger partial charge in [-0.15, -0.1) is 10.2 Å². The number of nitrogens with zero attached hydrogens (tertiary/aromatic N) is 2. The Morgan fingerprint density at radius 3 is 2.92 bits per heavy atom. The maximum absolute atomic E-state index is 5.40. The molecule has 0 unspecified atom stereocenters. The van der Waals surface area contributed by atoms with Gasteiger partial charge in [-0.25, -0.2) is 0 Å². The number of nitrogens with two attached hydrogens (primary N) is 1. The van der Waals surface area contributed by atoms with E-state index in [2.05, 4.69) is 21.6 Å². The third kappa shape index (κ3) is 3.66. The quantitative estimate of drug-likeness (QED) is 0.665. The van der Waals surface area contributed by atoms with Gasteiger partial charge in [-0.1, -0.05) is 6.08 Å². The predicted molar refractivity (Wildman–Crippen MR) is 54.0 cm³/mol. The van der Waals surface area contributed by atoms with Crippen LogP contribution in [0.3, 0.4) is 0 Å². The fourth-order valence-corrected chi connectivity index (χ4v) is 0.874. The average Bonchev–Trinajstić information content (AvgIpc) is 2.15. The summed E-state index contributed by atoms with van der Waals surface area (Å²) in [6.07, 6.45) is 4.98. The molecule has 0 amide bonds. The Kier molecular flexibility index (Phi) is 3.92. The zero-order chi connectivity index (χ0) is 9.52. The molecule has 0 saturated heterocycles. The number of nitrogen functional groups attached to an aromatic ring is 1. The second kappa shape index (κ2) is 5.27. The first kappa shape index (κ1) is 9.67. The van der Waals surface area contributed by atoms with Crippen LogP contribution in [0, 0.1) is 0 Å². The van der Waals surface area contributed by atoms with Crippen molar-refractivity contribution in [2.45, 2.75) is 6.42 Å². The summed E-state index contributed by atoms with van der Waals surface area (Å²) in [4.78, 5) is 0. The first-order valence-corrected chi connectivity index (χ1v) is 4.23. The van der Waals surface area contributed by atoms with Crippen molar-refractivity contribution in [2.24, 2.45) is 0 Å². The summed E-state index contributed by atoms with van der Waals surface area (Å²) in [6.45, 7) is 0.971. The second-order valence-corrected chi connectivity index (χ2v) is 2.68. The van der Waals surface area contributed by atoms with Gasteiger partial charge in [0.1, 0.15) is 5.82 Å². The molecule has 1 aromatic rings. The molecule has 0 aromatic carbocycles. The van der Waals surface area contributed by atoms with Crippen LogP contribution in [-0.2, 0) is 0 Å². The molecular weight excluding hydrogens is 164 g/mol. The molecule has 0 atom stereocenters. The summed E-state index contributed by atoms with van der Waals surface area (Å²) in [5.41, 5.74) is 6.23. The Morgan fingerprint density at radius 2 is 2.31 bits per heavy atom. The van der Waals surface area contributed by atoms with Gasteiger partial charge in [0.25, 0.3) is 0 Å². The lowest BCUT2D eigenvalue weighted by Gasteiger charge is -1.93. The highest BCUT2D eigenvalue weighted by molar-refractivity contribution is 5.45. The van der Waals surface area contributed by atoms with Crippen molar-refractivity contribution in [1.29, 1.82) is 0 Å². The summed E-state index contributed by atoms with van der Waals surface area (Å²) >= 11 is 0. The summed E-state index contributed by atoms with van der Waals surface area (Å²) in [6, 6.07) is 3.59. The van der Waals surface area contributed by atoms with E-state index in [1.807, 2.05) is 19.2 Å². The minimum absolute atomic E-state index is 0.451. The Bertz CT molecular complexity index is 265. The lowest BCUT2D eigenvalue weighted by atomic mass is 10.3. The van der Waals surface area contributed by atoms with E-state index < -0.39 is 0 Å². The Morgan fingerprint density at radius 1 is 1.46 bits per heavy atom. The van der Waals surface area contributed by atoms with Crippen LogP contribution >= 0.6 is 0 Å². The van der Waals surface area contributed by atoms with Gasteiger partial charge < -0.3 is 11.1 Å². The van der Waals surface area contributed by atoms with Crippen molar-refractivity contribution in [1.82, 2.24) is 15.5 Å². The largest absolute Gasteiger partial charge is 0.382 e. The number of anilines is 1. The minimum atomic E-state index is 0.451. The molecular formula is C9H14N4. The summed E-state index contributed by atoms with van der Waals surface area (Å²) in [5.74, 6) is 0.451. The van der Waals surface area contributed by atoms with Crippen LogP contribution in [0.5, 0.6) is 0 Å². The smallest absolute Gasteiger partial charge is 0.146 e. The molecule has 0 radical (unpaired) electrons. The van der Waals surface area contributed by atoms with E-state index in [4.69, 9.17) is 5.73 Å². The molecule has 0 saturated carbocycles. The van der Waals surface area contributed by atoms with Gasteiger partial charge in [0.05, 0.1) is 5.69 Å². The number of rotatable bonds is 4. The van der Waals surface area contributed by atoms with E-state index in [1.54, 1.807) is 6.07 Å². The van der Waals surface area contributed by atoms with Gasteiger partial charge in [0.15, 0.2) is 0 Å². The molecule has 0 fully saturated rings. The zero-order valence-electron chi connectivity index (χ0n) is 7.70. The molecule has 70 valence electrons. The standard InChI is InChI=1S/C9H14N4/c1-11-7-3-2-4-8-5-6-9(10)13-12-8/h2,4-6,11H,3,7H2,1H3,(H2,10,13). The van der Waals surface area contributed by atoms with Crippen LogP contribution in [-0.4, -0.2) is 23.8 Å². The van der Waals surface area contributed by atoms with Gasteiger partial charge in [-0.3, -0.25) is 0 Å². The first-order chi connectivity index (χ1) is 6.33. The SMILES string of the molecule is CNCCC=Cc1ccc(N)nn1. The minimum Gasteiger partial charge on any atom is -0.382 e. The predicted octanol–water partition coefficient (Wildman–Crippen LogP) is 0.681. The number of hydrogen-bond acceptors (Lipinski definition) is 4. The van der Waals surface area contributed by atoms with Gasteiger partial charge in [0, 0.05) is 0 Å². The van der Waals surface area contributed by atoms with Gasteiger partial charge in [-0.05, 0) is 38.2 Å². The van der Waals surface area contributed by atoms with Crippen molar-refractivity contribution >= 4 is 11.9 Å². The van der Waals surface area contributed by atoms with Crippen LogP contribution in [0.2, 0.25) is 0 Å². The van der Waals surface area contributed by atoms with E-state index >= 15 is 0 Å². The summed E-state index contributed by atoms with van der Waals surface area (Å²) in [7, 11) is 1.93. The molecule has 4 heteroatoms. The topological polar surface area (TPSA) is 63.8 Å². The molecule has 1 heterocycles. The Balaban J connectivity index is 2.44. The van der Waals surface area contributed by atoms with Crippen molar-refractivity contribution in [3.8, 4) is 0 Å². The van der Waals surface area contributed by atoms with Crippen molar-refractivity contribution in [3.63, 3.8) is 0 Å². The highest BCUT2D eigenvalue weighted by atomic mass is 15.1. The fraction of sp³-hybridized carbons (Fsp3) is 0.333. The maximum atomic E-state index is 5.40. The number of nitrogens with one attached hydrogen (secondary N) is 1. The van der Waals surface area contributed by atoms with Gasteiger partial charge >= 0.3 is 0 Å². The molecule has 0 spiro atoms. The van der Waals surface area contributed by atoms with Crippen LogP contribution in [0.1, 0.15) is 12.1 Å². The maximum Gasteiger partial charge on any atom is 0.146 e. The summed E-state index contributed by atoms with van der Waals surface area (Å²) < 4.78 is 0. The highest BCUT2D eigenvalue weighted by Crippen LogP contribution is 1.99. The Labute approximate surface area is 77.9 Å². The lowest BCUT2D eigenvalue weighted by Crippen LogP contribution is -2.05. The van der Waals surface area contributed by atoms with Crippen LogP contribution in [0.25, 0.3) is 6.08 Å². The van der Waals surface area contributed by atoms with Crippen LogP contribution < -0.4 is 11.1 Å². The monoisotopic (exact) mass is 178 g/mol. The first-order valence-electron chi connectivity index (χ1n) is 4.23. The lowest BCUT2D eigenvalue weighted by molar-refractivity contribution is 0.809. The van der Waals surface area contributed by atoms with E-state index in [-0.39, 0.29) is 0 Å². The molecule has 0 bridgehead atoms. The van der Waals surface area contributed by atoms with Crippen molar-refractivity contribution in [2.75, 3.05) is 19.3 Å². The highest BCUT2D eigenvalue weighted by Gasteiger charge is 1.88. The van der Waals surface area contributed by atoms with E-state index in [0.29, 0.717) is 5.82 Å². The van der Waals surface area contributed by atoms with Gasteiger partial charge in [-0.2, -0.15) is 0 Å². The van der Waals surface area contributed by atoms with Crippen LogP contribution in [0.4, 0.5) is 5.82 Å². The molecule has 1 aromatic heterocycles. The average molecular weight is 178 g/mol. The molecule has 0 aliphatic carbocycles.